The van der Waals surface area contributed by atoms with Crippen LogP contribution in [-0.2, 0) is 4.74 Å². The number of thiazole rings is 1. The fourth-order valence-corrected chi connectivity index (χ4v) is 2.21. The number of amides is 1. The number of esters is 1. The van der Waals surface area contributed by atoms with Gasteiger partial charge >= 0.3 is 11.9 Å². The van der Waals surface area contributed by atoms with E-state index in [1.165, 1.54) is 19.2 Å². The Morgan fingerprint density at radius 1 is 1.24 bits per heavy atom. The number of nitrogens with one attached hydrogen (secondary N) is 1. The highest BCUT2D eigenvalue weighted by Crippen LogP contribution is 2.19. The van der Waals surface area contributed by atoms with Gasteiger partial charge in [0, 0.05) is 0 Å². The Labute approximate surface area is 123 Å². The van der Waals surface area contributed by atoms with E-state index in [9.17, 15) is 14.4 Å². The van der Waals surface area contributed by atoms with Gasteiger partial charge < -0.3 is 9.84 Å². The lowest BCUT2D eigenvalue weighted by Gasteiger charge is -2.06. The van der Waals surface area contributed by atoms with Crippen molar-refractivity contribution in [1.82, 2.24) is 4.98 Å². The van der Waals surface area contributed by atoms with Crippen LogP contribution in [0.3, 0.4) is 0 Å². The summed E-state index contributed by atoms with van der Waals surface area (Å²) in [6.45, 7) is 0. The van der Waals surface area contributed by atoms with Crippen molar-refractivity contribution in [1.29, 1.82) is 0 Å². The summed E-state index contributed by atoms with van der Waals surface area (Å²) in [4.78, 5) is 38.3. The van der Waals surface area contributed by atoms with Crippen molar-refractivity contribution in [2.45, 2.75) is 0 Å². The number of ether oxygens (including phenoxy) is 1. The van der Waals surface area contributed by atoms with Gasteiger partial charge in [-0.25, -0.2) is 14.6 Å². The first kappa shape index (κ1) is 14.7. The third-order valence-electron chi connectivity index (χ3n) is 2.51. The van der Waals surface area contributed by atoms with Crippen LogP contribution in [0.15, 0.2) is 30.5 Å². The van der Waals surface area contributed by atoms with E-state index in [2.05, 4.69) is 15.0 Å². The molecule has 0 fully saturated rings. The van der Waals surface area contributed by atoms with Crippen molar-refractivity contribution in [3.63, 3.8) is 0 Å². The molecule has 0 atom stereocenters. The number of methoxy groups -OCH3 is 1. The molecule has 0 saturated heterocycles. The first-order chi connectivity index (χ1) is 10.0. The summed E-state index contributed by atoms with van der Waals surface area (Å²) in [5.41, 5.74) is 0.240. The Morgan fingerprint density at radius 3 is 2.48 bits per heavy atom. The predicted molar refractivity (Wildman–Crippen MR) is 74.8 cm³/mol. The second-order valence-corrected chi connectivity index (χ2v) is 4.86. The van der Waals surface area contributed by atoms with Gasteiger partial charge in [-0.2, -0.15) is 0 Å². The molecule has 2 rings (SSSR count). The van der Waals surface area contributed by atoms with E-state index < -0.39 is 17.8 Å². The summed E-state index contributed by atoms with van der Waals surface area (Å²) in [6, 6.07) is 6.14. The first-order valence-electron chi connectivity index (χ1n) is 5.70. The molecule has 8 heteroatoms. The number of nitrogens with zero attached hydrogens (tertiary/aromatic N) is 1. The second-order valence-electron chi connectivity index (χ2n) is 3.83. The summed E-state index contributed by atoms with van der Waals surface area (Å²) < 4.78 is 4.60. The average molecular weight is 306 g/mol. The quantitative estimate of drug-likeness (QED) is 0.835. The number of hydrogen-bond donors (Lipinski definition) is 2. The Kier molecular flexibility index (Phi) is 4.29. The van der Waals surface area contributed by atoms with E-state index in [1.807, 2.05) is 0 Å². The van der Waals surface area contributed by atoms with Crippen LogP contribution < -0.4 is 5.32 Å². The monoisotopic (exact) mass is 306 g/mol. The van der Waals surface area contributed by atoms with Crippen LogP contribution in [0, 0.1) is 0 Å². The summed E-state index contributed by atoms with van der Waals surface area (Å²) in [5, 5.41) is 11.4. The van der Waals surface area contributed by atoms with E-state index in [-0.39, 0.29) is 21.1 Å². The number of benzene rings is 1. The van der Waals surface area contributed by atoms with Crippen LogP contribution in [0.4, 0.5) is 5.13 Å². The smallest absolute Gasteiger partial charge is 0.347 e. The Bertz CT molecular complexity index is 710. The molecule has 0 bridgehead atoms. The van der Waals surface area contributed by atoms with Crippen molar-refractivity contribution in [3.8, 4) is 0 Å². The number of rotatable bonds is 4. The van der Waals surface area contributed by atoms with Crippen LogP contribution in [0.1, 0.15) is 30.4 Å². The number of aromatic carboxylic acids is 1. The molecule has 1 aromatic heterocycles. The summed E-state index contributed by atoms with van der Waals surface area (Å²) >= 11 is 0.825. The van der Waals surface area contributed by atoms with Crippen molar-refractivity contribution in [3.05, 3.63) is 46.5 Å². The molecule has 0 radical (unpaired) electrons. The van der Waals surface area contributed by atoms with Gasteiger partial charge in [-0.05, 0) is 12.1 Å². The number of carbonyl (C=O) groups excluding carboxylic acids is 2. The third kappa shape index (κ3) is 3.23. The molecule has 1 amide bonds. The minimum atomic E-state index is -1.12. The number of carboxylic acid groups (broad SMARTS) is 1. The SMILES string of the molecule is COC(=O)c1ccccc1C(=O)Nc1ncc(C(=O)O)s1. The highest BCUT2D eigenvalue weighted by Gasteiger charge is 2.18. The van der Waals surface area contributed by atoms with E-state index in [0.29, 0.717) is 0 Å². The minimum absolute atomic E-state index is 0.00607. The number of carbonyl (C=O) groups is 3. The fraction of sp³-hybridized carbons (Fsp3) is 0.0769. The number of anilines is 1. The van der Waals surface area contributed by atoms with Gasteiger partial charge in [0.1, 0.15) is 4.88 Å². The molecule has 0 aliphatic rings. The lowest BCUT2D eigenvalue weighted by molar-refractivity contribution is 0.0596. The Balaban J connectivity index is 2.24. The van der Waals surface area contributed by atoms with Crippen molar-refractivity contribution in [2.24, 2.45) is 0 Å². The zero-order valence-electron chi connectivity index (χ0n) is 10.8. The highest BCUT2D eigenvalue weighted by atomic mass is 32.1. The third-order valence-corrected chi connectivity index (χ3v) is 3.41. The first-order valence-corrected chi connectivity index (χ1v) is 6.52. The molecular weight excluding hydrogens is 296 g/mol. The largest absolute Gasteiger partial charge is 0.477 e. The summed E-state index contributed by atoms with van der Waals surface area (Å²) in [6.07, 6.45) is 1.15. The Hall–Kier alpha value is -2.74. The zero-order valence-corrected chi connectivity index (χ0v) is 11.6. The maximum atomic E-state index is 12.1. The van der Waals surface area contributed by atoms with Crippen molar-refractivity contribution >= 4 is 34.3 Å². The van der Waals surface area contributed by atoms with E-state index >= 15 is 0 Å². The normalized spacial score (nSPS) is 9.95. The van der Waals surface area contributed by atoms with Crippen molar-refractivity contribution in [2.75, 3.05) is 12.4 Å². The van der Waals surface area contributed by atoms with Crippen LogP contribution in [0.25, 0.3) is 0 Å². The molecule has 0 unspecified atom stereocenters. The predicted octanol–water partition coefficient (Wildman–Crippen LogP) is 1.88. The van der Waals surface area contributed by atoms with Gasteiger partial charge in [-0.3, -0.25) is 10.1 Å². The molecule has 0 aliphatic heterocycles. The molecule has 0 saturated carbocycles. The summed E-state index contributed by atoms with van der Waals surface area (Å²) in [7, 11) is 1.22. The maximum absolute atomic E-state index is 12.1. The standard InChI is InChI=1S/C13H10N2O5S/c1-20-12(19)8-5-3-2-4-7(8)10(16)15-13-14-6-9(21-13)11(17)18/h2-6H,1H3,(H,17,18)(H,14,15,16). The minimum Gasteiger partial charge on any atom is -0.477 e. The van der Waals surface area contributed by atoms with Gasteiger partial charge in [0.15, 0.2) is 5.13 Å². The molecular formula is C13H10N2O5S. The van der Waals surface area contributed by atoms with Crippen molar-refractivity contribution < 1.29 is 24.2 Å². The van der Waals surface area contributed by atoms with Crippen LogP contribution >= 0.6 is 11.3 Å². The van der Waals surface area contributed by atoms with Gasteiger partial charge in [0.2, 0.25) is 0 Å². The molecule has 108 valence electrons. The molecule has 2 aromatic rings. The highest BCUT2D eigenvalue weighted by molar-refractivity contribution is 7.17. The number of carboxylic acids is 1. The van der Waals surface area contributed by atoms with E-state index in [4.69, 9.17) is 5.11 Å². The zero-order chi connectivity index (χ0) is 15.4. The molecule has 7 nitrogen and oxygen atoms in total. The Morgan fingerprint density at radius 2 is 1.90 bits per heavy atom. The molecule has 0 aliphatic carbocycles. The lowest BCUT2D eigenvalue weighted by atomic mass is 10.1. The number of aromatic nitrogens is 1. The topological polar surface area (TPSA) is 106 Å². The molecule has 21 heavy (non-hydrogen) atoms. The van der Waals surface area contributed by atoms with Crippen LogP contribution in [0.5, 0.6) is 0 Å². The average Bonchev–Trinajstić information content (AvgIpc) is 2.95. The van der Waals surface area contributed by atoms with Gasteiger partial charge in [-0.1, -0.05) is 23.5 Å². The van der Waals surface area contributed by atoms with E-state index in [1.54, 1.807) is 12.1 Å². The van der Waals surface area contributed by atoms with Gasteiger partial charge in [0.25, 0.3) is 5.91 Å². The van der Waals surface area contributed by atoms with Gasteiger partial charge in [-0.15, -0.1) is 0 Å². The van der Waals surface area contributed by atoms with Gasteiger partial charge in [0.05, 0.1) is 24.4 Å². The fourth-order valence-electron chi connectivity index (χ4n) is 1.56. The summed E-state index contributed by atoms with van der Waals surface area (Å²) in [5.74, 6) is -2.32. The molecule has 0 spiro atoms. The lowest BCUT2D eigenvalue weighted by Crippen LogP contribution is -2.16. The second kappa shape index (κ2) is 6.14. The molecule has 1 heterocycles. The van der Waals surface area contributed by atoms with E-state index in [0.717, 1.165) is 17.5 Å². The number of hydrogen-bond acceptors (Lipinski definition) is 6. The maximum Gasteiger partial charge on any atom is 0.347 e. The van der Waals surface area contributed by atoms with Crippen LogP contribution in [-0.4, -0.2) is 35.0 Å². The molecule has 1 aromatic carbocycles. The molecule has 2 N–H and O–H groups in total. The van der Waals surface area contributed by atoms with Crippen LogP contribution in [0.2, 0.25) is 0 Å².